The topological polar surface area (TPSA) is 102 Å². The van der Waals surface area contributed by atoms with Gasteiger partial charge in [0.05, 0.1) is 18.6 Å². The number of rotatable bonds is 5. The molecule has 0 aliphatic heterocycles. The van der Waals surface area contributed by atoms with Gasteiger partial charge in [0, 0.05) is 11.8 Å². The molecule has 0 spiro atoms. The van der Waals surface area contributed by atoms with E-state index in [1.807, 2.05) is 0 Å². The van der Waals surface area contributed by atoms with Crippen molar-refractivity contribution in [2.24, 2.45) is 0 Å². The zero-order valence-electron chi connectivity index (χ0n) is 11.6. The Bertz CT molecular complexity index is 587. The molecule has 0 aliphatic carbocycles. The zero-order valence-corrected chi connectivity index (χ0v) is 11.6. The van der Waals surface area contributed by atoms with Gasteiger partial charge in [-0.15, -0.1) is 0 Å². The molecule has 22 heavy (non-hydrogen) atoms. The largest absolute Gasteiger partial charge is 0.467 e. The molecule has 1 atom stereocenters. The number of esters is 1. The van der Waals surface area contributed by atoms with E-state index in [1.165, 1.54) is 0 Å². The quantitative estimate of drug-likeness (QED) is 0.488. The third kappa shape index (κ3) is 4.07. The maximum atomic E-state index is 12.8. The maximum Gasteiger partial charge on any atom is 0.423 e. The number of anilines is 1. The molecule has 0 aliphatic rings. The van der Waals surface area contributed by atoms with Crippen LogP contribution in [0.1, 0.15) is 12.5 Å². The first-order chi connectivity index (χ1) is 9.99. The van der Waals surface area contributed by atoms with Crippen molar-refractivity contribution in [2.75, 3.05) is 19.0 Å². The molecular formula is C12H13F3N2O5. The molecule has 0 saturated carbocycles. The Morgan fingerprint density at radius 1 is 1.45 bits per heavy atom. The van der Waals surface area contributed by atoms with Crippen LogP contribution in [-0.2, 0) is 15.7 Å². The number of alkyl halides is 3. The van der Waals surface area contributed by atoms with Crippen molar-refractivity contribution >= 4 is 17.3 Å². The fourth-order valence-electron chi connectivity index (χ4n) is 1.60. The number of nitro benzene ring substituents is 1. The van der Waals surface area contributed by atoms with Gasteiger partial charge in [-0.2, -0.15) is 13.2 Å². The van der Waals surface area contributed by atoms with Crippen LogP contribution in [0.15, 0.2) is 18.2 Å². The minimum Gasteiger partial charge on any atom is -0.467 e. The molecule has 0 saturated heterocycles. The van der Waals surface area contributed by atoms with Crippen molar-refractivity contribution in [1.82, 2.24) is 0 Å². The fourth-order valence-corrected chi connectivity index (χ4v) is 1.60. The van der Waals surface area contributed by atoms with Crippen molar-refractivity contribution in [1.29, 1.82) is 0 Å². The Labute approximate surface area is 122 Å². The third-order valence-electron chi connectivity index (χ3n) is 2.76. The molecule has 0 radical (unpaired) electrons. The smallest absolute Gasteiger partial charge is 0.423 e. The minimum atomic E-state index is -4.91. The maximum absolute atomic E-state index is 12.8. The van der Waals surface area contributed by atoms with E-state index in [2.05, 4.69) is 10.1 Å². The van der Waals surface area contributed by atoms with Gasteiger partial charge in [-0.1, -0.05) is 0 Å². The predicted octanol–water partition coefficient (Wildman–Crippen LogP) is 1.95. The van der Waals surface area contributed by atoms with Crippen LogP contribution in [0.3, 0.4) is 0 Å². The number of nitro groups is 1. The van der Waals surface area contributed by atoms with Gasteiger partial charge < -0.3 is 15.2 Å². The van der Waals surface area contributed by atoms with Crippen molar-refractivity contribution in [3.05, 3.63) is 33.9 Å². The molecule has 0 heterocycles. The summed E-state index contributed by atoms with van der Waals surface area (Å²) < 4.78 is 42.7. The third-order valence-corrected chi connectivity index (χ3v) is 2.76. The van der Waals surface area contributed by atoms with E-state index < -0.39 is 40.5 Å². The van der Waals surface area contributed by atoms with Crippen LogP contribution in [0.5, 0.6) is 0 Å². The number of benzene rings is 1. The summed E-state index contributed by atoms with van der Waals surface area (Å²) in [5.41, 5.74) is -4.62. The van der Waals surface area contributed by atoms with E-state index in [0.29, 0.717) is 12.1 Å². The monoisotopic (exact) mass is 322 g/mol. The summed E-state index contributed by atoms with van der Waals surface area (Å²) in [6.07, 6.45) is -4.91. The number of halogens is 3. The first-order valence-corrected chi connectivity index (χ1v) is 5.89. The van der Waals surface area contributed by atoms with Gasteiger partial charge in [-0.25, -0.2) is 4.79 Å². The van der Waals surface area contributed by atoms with Gasteiger partial charge in [0.1, 0.15) is 5.56 Å². The summed E-state index contributed by atoms with van der Waals surface area (Å²) in [6.45, 7) is 0.677. The lowest BCUT2D eigenvalue weighted by Gasteiger charge is -2.21. The van der Waals surface area contributed by atoms with Crippen LogP contribution in [0.25, 0.3) is 0 Å². The normalized spacial score (nSPS) is 14.1. The SMILES string of the molecule is COC(=O)C(C)(O)CNc1ccc([N+](=O)[O-])c(C(F)(F)F)c1. The van der Waals surface area contributed by atoms with E-state index in [1.54, 1.807) is 0 Å². The van der Waals surface area contributed by atoms with Gasteiger partial charge in [0.2, 0.25) is 0 Å². The fraction of sp³-hybridized carbons (Fsp3) is 0.417. The number of ether oxygens (including phenoxy) is 1. The van der Waals surface area contributed by atoms with E-state index >= 15 is 0 Å². The summed E-state index contributed by atoms with van der Waals surface area (Å²) >= 11 is 0. The number of methoxy groups -OCH3 is 1. The molecule has 1 aromatic carbocycles. The van der Waals surface area contributed by atoms with Gasteiger partial charge >= 0.3 is 12.1 Å². The van der Waals surface area contributed by atoms with E-state index in [4.69, 9.17) is 0 Å². The molecule has 1 aromatic rings. The Morgan fingerprint density at radius 2 is 2.05 bits per heavy atom. The van der Waals surface area contributed by atoms with Crippen LogP contribution in [-0.4, -0.2) is 35.3 Å². The Balaban J connectivity index is 3.04. The van der Waals surface area contributed by atoms with E-state index in [9.17, 15) is 33.2 Å². The highest BCUT2D eigenvalue weighted by molar-refractivity contribution is 5.79. The molecule has 0 aromatic heterocycles. The van der Waals surface area contributed by atoms with Crippen molar-refractivity contribution in [3.63, 3.8) is 0 Å². The minimum absolute atomic E-state index is 0.137. The van der Waals surface area contributed by atoms with Crippen LogP contribution in [0.4, 0.5) is 24.5 Å². The average Bonchev–Trinajstić information content (AvgIpc) is 2.42. The highest BCUT2D eigenvalue weighted by Crippen LogP contribution is 2.37. The number of carbonyl (C=O) groups is 1. The van der Waals surface area contributed by atoms with E-state index in [-0.39, 0.29) is 5.69 Å². The van der Waals surface area contributed by atoms with Gasteiger partial charge in [0.15, 0.2) is 5.60 Å². The number of hydrogen-bond acceptors (Lipinski definition) is 6. The molecule has 0 bridgehead atoms. The van der Waals surface area contributed by atoms with Crippen LogP contribution >= 0.6 is 0 Å². The molecule has 1 unspecified atom stereocenters. The lowest BCUT2D eigenvalue weighted by atomic mass is 10.1. The number of aliphatic hydroxyl groups is 1. The summed E-state index contributed by atoms with van der Waals surface area (Å²) in [7, 11) is 1.05. The lowest BCUT2D eigenvalue weighted by Crippen LogP contribution is -2.42. The van der Waals surface area contributed by atoms with Crippen LogP contribution in [0, 0.1) is 10.1 Å². The summed E-state index contributed by atoms with van der Waals surface area (Å²) in [5, 5.41) is 22.8. The summed E-state index contributed by atoms with van der Waals surface area (Å²) in [4.78, 5) is 20.7. The molecule has 2 N–H and O–H groups in total. The molecule has 122 valence electrons. The first kappa shape index (κ1) is 17.7. The highest BCUT2D eigenvalue weighted by Gasteiger charge is 2.38. The number of nitrogens with one attached hydrogen (secondary N) is 1. The molecule has 0 fully saturated rings. The van der Waals surface area contributed by atoms with Gasteiger partial charge in [0.25, 0.3) is 5.69 Å². The second-order valence-corrected chi connectivity index (χ2v) is 4.61. The van der Waals surface area contributed by atoms with Crippen molar-refractivity contribution in [3.8, 4) is 0 Å². The number of nitrogens with zero attached hydrogens (tertiary/aromatic N) is 1. The van der Waals surface area contributed by atoms with E-state index in [0.717, 1.165) is 20.1 Å². The zero-order chi connectivity index (χ0) is 17.1. The molecule has 10 heteroatoms. The van der Waals surface area contributed by atoms with Crippen molar-refractivity contribution in [2.45, 2.75) is 18.7 Å². The first-order valence-electron chi connectivity index (χ1n) is 5.89. The second-order valence-electron chi connectivity index (χ2n) is 4.61. The lowest BCUT2D eigenvalue weighted by molar-refractivity contribution is -0.388. The van der Waals surface area contributed by atoms with Gasteiger partial charge in [-0.3, -0.25) is 10.1 Å². The van der Waals surface area contributed by atoms with Crippen LogP contribution < -0.4 is 5.32 Å². The standard InChI is InChI=1S/C12H13F3N2O5/c1-11(19,10(18)22-2)6-16-7-3-4-9(17(20)21)8(5-7)12(13,14)15/h3-5,16,19H,6H2,1-2H3. The molecule has 7 nitrogen and oxygen atoms in total. The Morgan fingerprint density at radius 3 is 2.50 bits per heavy atom. The Hall–Kier alpha value is -2.36. The molecular weight excluding hydrogens is 309 g/mol. The van der Waals surface area contributed by atoms with Crippen molar-refractivity contribution < 1.29 is 32.7 Å². The summed E-state index contributed by atoms with van der Waals surface area (Å²) in [6, 6.07) is 2.27. The summed E-state index contributed by atoms with van der Waals surface area (Å²) in [5.74, 6) is -0.974. The second kappa shape index (κ2) is 6.18. The van der Waals surface area contributed by atoms with Crippen LogP contribution in [0.2, 0.25) is 0 Å². The Kier molecular flexibility index (Phi) is 4.97. The number of carbonyl (C=O) groups excluding carboxylic acids is 1. The predicted molar refractivity (Wildman–Crippen MR) is 69.2 cm³/mol. The van der Waals surface area contributed by atoms with Gasteiger partial charge in [-0.05, 0) is 19.1 Å². The molecule has 1 rings (SSSR count). The highest BCUT2D eigenvalue weighted by atomic mass is 19.4. The number of hydrogen-bond donors (Lipinski definition) is 2. The molecule has 0 amide bonds. The average molecular weight is 322 g/mol.